The number of hydrogen-bond acceptors (Lipinski definition) is 2. The Labute approximate surface area is 113 Å². The molecule has 3 heteroatoms. The standard InChI is InChI=1S/C16H20O3/c17-14-8-4-5-10-16(14,11-9-15(18)19)12-13-6-2-1-3-7-13/h1-3,6-7H,4-5,8-12H2,(H,18,19)/t16-/m1/s1. The van der Waals surface area contributed by atoms with Gasteiger partial charge in [0.15, 0.2) is 0 Å². The van der Waals surface area contributed by atoms with Gasteiger partial charge in [0.2, 0.25) is 0 Å². The molecule has 0 spiro atoms. The lowest BCUT2D eigenvalue weighted by Crippen LogP contribution is -2.37. The summed E-state index contributed by atoms with van der Waals surface area (Å²) in [5.74, 6) is -0.560. The van der Waals surface area contributed by atoms with Gasteiger partial charge < -0.3 is 5.11 Å². The lowest BCUT2D eigenvalue weighted by molar-refractivity contribution is -0.139. The minimum Gasteiger partial charge on any atom is -0.481 e. The van der Waals surface area contributed by atoms with Gasteiger partial charge in [-0.25, -0.2) is 0 Å². The third kappa shape index (κ3) is 3.43. The molecule has 2 rings (SSSR count). The summed E-state index contributed by atoms with van der Waals surface area (Å²) in [5.41, 5.74) is 0.681. The summed E-state index contributed by atoms with van der Waals surface area (Å²) in [7, 11) is 0. The highest BCUT2D eigenvalue weighted by Gasteiger charge is 2.39. The number of hydrogen-bond donors (Lipinski definition) is 1. The topological polar surface area (TPSA) is 54.4 Å². The normalized spacial score (nSPS) is 23.3. The maximum atomic E-state index is 12.3. The average Bonchev–Trinajstić information content (AvgIpc) is 2.41. The molecule has 0 aromatic heterocycles. The lowest BCUT2D eigenvalue weighted by Gasteiger charge is -2.35. The van der Waals surface area contributed by atoms with Crippen LogP contribution in [0.15, 0.2) is 30.3 Å². The third-order valence-electron chi connectivity index (χ3n) is 4.10. The molecule has 1 N–H and O–H groups in total. The van der Waals surface area contributed by atoms with Gasteiger partial charge in [-0.15, -0.1) is 0 Å². The molecule has 1 saturated carbocycles. The summed E-state index contributed by atoms with van der Waals surface area (Å²) in [6, 6.07) is 9.92. The van der Waals surface area contributed by atoms with Crippen molar-refractivity contribution in [3.63, 3.8) is 0 Å². The van der Waals surface area contributed by atoms with Gasteiger partial charge in [0.1, 0.15) is 5.78 Å². The summed E-state index contributed by atoms with van der Waals surface area (Å²) in [6.07, 6.45) is 4.63. The van der Waals surface area contributed by atoms with Crippen LogP contribution in [-0.4, -0.2) is 16.9 Å². The number of aliphatic carboxylic acids is 1. The van der Waals surface area contributed by atoms with Crippen LogP contribution in [0.2, 0.25) is 0 Å². The quantitative estimate of drug-likeness (QED) is 0.884. The highest BCUT2D eigenvalue weighted by atomic mass is 16.4. The van der Waals surface area contributed by atoms with Crippen LogP contribution in [0.3, 0.4) is 0 Å². The van der Waals surface area contributed by atoms with E-state index in [0.717, 1.165) is 24.8 Å². The van der Waals surface area contributed by atoms with E-state index in [0.29, 0.717) is 19.3 Å². The fourth-order valence-corrected chi connectivity index (χ4v) is 3.03. The van der Waals surface area contributed by atoms with E-state index in [2.05, 4.69) is 0 Å². The van der Waals surface area contributed by atoms with Gasteiger partial charge in [0.25, 0.3) is 0 Å². The Bertz CT molecular complexity index is 452. The number of rotatable bonds is 5. The largest absolute Gasteiger partial charge is 0.481 e. The fraction of sp³-hybridized carbons (Fsp3) is 0.500. The Balaban J connectivity index is 2.18. The molecule has 1 aliphatic rings. The number of carboxylic acids is 1. The van der Waals surface area contributed by atoms with Crippen molar-refractivity contribution in [2.75, 3.05) is 0 Å². The van der Waals surface area contributed by atoms with E-state index >= 15 is 0 Å². The Morgan fingerprint density at radius 2 is 1.95 bits per heavy atom. The van der Waals surface area contributed by atoms with Crippen LogP contribution in [0.25, 0.3) is 0 Å². The first-order valence-corrected chi connectivity index (χ1v) is 6.91. The molecule has 0 radical (unpaired) electrons. The molecule has 1 aromatic rings. The van der Waals surface area contributed by atoms with Crippen molar-refractivity contribution in [1.29, 1.82) is 0 Å². The van der Waals surface area contributed by atoms with Gasteiger partial charge in [0.05, 0.1) is 0 Å². The Kier molecular flexibility index (Phi) is 4.35. The van der Waals surface area contributed by atoms with Crippen molar-refractivity contribution >= 4 is 11.8 Å². The molecular formula is C16H20O3. The average molecular weight is 260 g/mol. The molecule has 0 aliphatic heterocycles. The molecular weight excluding hydrogens is 240 g/mol. The number of carbonyl (C=O) groups excluding carboxylic acids is 1. The van der Waals surface area contributed by atoms with Crippen molar-refractivity contribution in [2.24, 2.45) is 5.41 Å². The number of carbonyl (C=O) groups is 2. The molecule has 1 fully saturated rings. The van der Waals surface area contributed by atoms with Crippen LogP contribution in [0.1, 0.15) is 44.1 Å². The van der Waals surface area contributed by atoms with Gasteiger partial charge in [-0.2, -0.15) is 0 Å². The van der Waals surface area contributed by atoms with E-state index < -0.39 is 11.4 Å². The van der Waals surface area contributed by atoms with Gasteiger partial charge >= 0.3 is 5.97 Å². The van der Waals surface area contributed by atoms with E-state index in [1.54, 1.807) is 0 Å². The van der Waals surface area contributed by atoms with Crippen LogP contribution in [0.4, 0.5) is 0 Å². The maximum Gasteiger partial charge on any atom is 0.303 e. The molecule has 3 nitrogen and oxygen atoms in total. The molecule has 1 atom stereocenters. The summed E-state index contributed by atoms with van der Waals surface area (Å²) in [5, 5.41) is 8.90. The molecule has 102 valence electrons. The van der Waals surface area contributed by atoms with Crippen LogP contribution in [0, 0.1) is 5.41 Å². The summed E-state index contributed by atoms with van der Waals surface area (Å²) in [4.78, 5) is 23.2. The molecule has 0 saturated heterocycles. The van der Waals surface area contributed by atoms with E-state index in [1.807, 2.05) is 30.3 Å². The zero-order valence-corrected chi connectivity index (χ0v) is 11.1. The molecule has 0 amide bonds. The van der Waals surface area contributed by atoms with Crippen molar-refractivity contribution in [2.45, 2.75) is 44.9 Å². The second-order valence-electron chi connectivity index (χ2n) is 5.47. The number of ketones is 1. The summed E-state index contributed by atoms with van der Waals surface area (Å²) in [6.45, 7) is 0. The smallest absolute Gasteiger partial charge is 0.303 e. The summed E-state index contributed by atoms with van der Waals surface area (Å²) >= 11 is 0. The lowest BCUT2D eigenvalue weighted by atomic mass is 9.67. The monoisotopic (exact) mass is 260 g/mol. The second-order valence-corrected chi connectivity index (χ2v) is 5.47. The zero-order valence-electron chi connectivity index (χ0n) is 11.1. The van der Waals surface area contributed by atoms with Gasteiger partial charge in [-0.05, 0) is 31.2 Å². The maximum absolute atomic E-state index is 12.3. The molecule has 0 heterocycles. The predicted octanol–water partition coefficient (Wildman–Crippen LogP) is 3.22. The van der Waals surface area contributed by atoms with E-state index in [9.17, 15) is 9.59 Å². The first-order chi connectivity index (χ1) is 9.12. The summed E-state index contributed by atoms with van der Waals surface area (Å²) < 4.78 is 0. The minimum absolute atomic E-state index is 0.0819. The molecule has 19 heavy (non-hydrogen) atoms. The van der Waals surface area contributed by atoms with Crippen molar-refractivity contribution in [1.82, 2.24) is 0 Å². The molecule has 0 bridgehead atoms. The molecule has 1 aliphatic carbocycles. The van der Waals surface area contributed by atoms with Crippen molar-refractivity contribution in [3.8, 4) is 0 Å². The number of benzene rings is 1. The van der Waals surface area contributed by atoms with Gasteiger partial charge in [-0.1, -0.05) is 36.8 Å². The van der Waals surface area contributed by atoms with E-state index in [1.165, 1.54) is 0 Å². The van der Waals surface area contributed by atoms with E-state index in [4.69, 9.17) is 5.11 Å². The van der Waals surface area contributed by atoms with Crippen molar-refractivity contribution in [3.05, 3.63) is 35.9 Å². The first-order valence-electron chi connectivity index (χ1n) is 6.91. The number of Topliss-reactive ketones (excluding diaryl/α,β-unsaturated/α-hetero) is 1. The van der Waals surface area contributed by atoms with Crippen LogP contribution in [-0.2, 0) is 16.0 Å². The fourth-order valence-electron chi connectivity index (χ4n) is 3.03. The second kappa shape index (κ2) is 6.00. The first kappa shape index (κ1) is 13.8. The Morgan fingerprint density at radius 1 is 1.21 bits per heavy atom. The predicted molar refractivity (Wildman–Crippen MR) is 72.9 cm³/mol. The minimum atomic E-state index is -0.814. The highest BCUT2D eigenvalue weighted by Crippen LogP contribution is 2.40. The van der Waals surface area contributed by atoms with Crippen LogP contribution in [0.5, 0.6) is 0 Å². The SMILES string of the molecule is O=C(O)CC[C@@]1(Cc2ccccc2)CCCCC1=O. The van der Waals surface area contributed by atoms with Gasteiger partial charge in [0, 0.05) is 18.3 Å². The molecule has 1 aromatic carbocycles. The van der Waals surface area contributed by atoms with Crippen LogP contribution >= 0.6 is 0 Å². The van der Waals surface area contributed by atoms with Gasteiger partial charge in [-0.3, -0.25) is 9.59 Å². The Hall–Kier alpha value is -1.64. The van der Waals surface area contributed by atoms with Crippen LogP contribution < -0.4 is 0 Å². The Morgan fingerprint density at radius 3 is 2.58 bits per heavy atom. The third-order valence-corrected chi connectivity index (χ3v) is 4.10. The highest BCUT2D eigenvalue weighted by molar-refractivity contribution is 5.86. The number of carboxylic acid groups (broad SMARTS) is 1. The zero-order chi connectivity index (χ0) is 13.7. The van der Waals surface area contributed by atoms with Crippen molar-refractivity contribution < 1.29 is 14.7 Å². The van der Waals surface area contributed by atoms with E-state index in [-0.39, 0.29) is 12.2 Å². The molecule has 0 unspecified atom stereocenters.